The molecule has 0 radical (unpaired) electrons. The molecule has 1 saturated heterocycles. The van der Waals surface area contributed by atoms with Crippen LogP contribution in [-0.4, -0.2) is 48.8 Å². The van der Waals surface area contributed by atoms with Crippen molar-refractivity contribution in [1.82, 2.24) is 15.2 Å². The number of carbonyl (C=O) groups excluding carboxylic acids is 1. The molecule has 11 heteroatoms. The quantitative estimate of drug-likeness (QED) is 0.544. The zero-order valence-corrected chi connectivity index (χ0v) is 19.5. The van der Waals surface area contributed by atoms with Gasteiger partial charge in [0.25, 0.3) is 5.91 Å². The molecule has 35 heavy (non-hydrogen) atoms. The Labute approximate surface area is 204 Å². The van der Waals surface area contributed by atoms with E-state index in [9.17, 15) is 18.0 Å². The van der Waals surface area contributed by atoms with Gasteiger partial charge in [-0.3, -0.25) is 9.69 Å². The Balaban J connectivity index is 1.12. The van der Waals surface area contributed by atoms with Gasteiger partial charge < -0.3 is 19.7 Å². The van der Waals surface area contributed by atoms with Crippen molar-refractivity contribution in [3.05, 3.63) is 70.2 Å². The van der Waals surface area contributed by atoms with E-state index >= 15 is 0 Å². The molecular weight excluding hydrogens is 481 g/mol. The number of alkyl halides is 3. The average Bonchev–Trinajstić information content (AvgIpc) is 3.52. The van der Waals surface area contributed by atoms with Crippen molar-refractivity contribution in [2.75, 3.05) is 37.9 Å². The largest absolute Gasteiger partial charge is 0.454 e. The molecule has 3 heterocycles. The van der Waals surface area contributed by atoms with Gasteiger partial charge in [0.2, 0.25) is 6.79 Å². The van der Waals surface area contributed by atoms with Crippen LogP contribution in [0.5, 0.6) is 11.5 Å². The average molecular weight is 505 g/mol. The molecule has 184 valence electrons. The number of carbonyl (C=O) groups is 1. The lowest BCUT2D eigenvalue weighted by molar-refractivity contribution is -0.137. The minimum Gasteiger partial charge on any atom is -0.454 e. The molecule has 3 aromatic rings. The van der Waals surface area contributed by atoms with E-state index < -0.39 is 11.7 Å². The van der Waals surface area contributed by atoms with E-state index in [1.54, 1.807) is 6.07 Å². The molecule has 0 saturated carbocycles. The van der Waals surface area contributed by atoms with Crippen LogP contribution >= 0.6 is 11.3 Å². The number of nitrogens with one attached hydrogen (secondary N) is 1. The molecule has 1 amide bonds. The summed E-state index contributed by atoms with van der Waals surface area (Å²) in [5, 5.41) is 3.44. The van der Waals surface area contributed by atoms with E-state index in [4.69, 9.17) is 9.47 Å². The third-order valence-electron chi connectivity index (χ3n) is 5.91. The Morgan fingerprint density at radius 3 is 2.63 bits per heavy atom. The lowest BCUT2D eigenvalue weighted by atomic mass is 10.1. The highest BCUT2D eigenvalue weighted by molar-refractivity contribution is 7.17. The fraction of sp³-hybridized carbons (Fsp3) is 0.333. The predicted molar refractivity (Wildman–Crippen MR) is 125 cm³/mol. The van der Waals surface area contributed by atoms with Crippen LogP contribution in [0.4, 0.5) is 18.3 Å². The van der Waals surface area contributed by atoms with Crippen LogP contribution in [0, 0.1) is 0 Å². The number of benzene rings is 2. The van der Waals surface area contributed by atoms with E-state index in [0.29, 0.717) is 10.4 Å². The van der Waals surface area contributed by atoms with Gasteiger partial charge in [0, 0.05) is 39.3 Å². The smallest absolute Gasteiger partial charge is 0.416 e. The SMILES string of the molecule is O=C(NCc1cccc(C(F)(F)F)c1)c1cnc(N2CCN(Cc3ccc4c(c3)OCO4)CC2)s1. The van der Waals surface area contributed by atoms with Crippen molar-refractivity contribution in [3.63, 3.8) is 0 Å². The molecule has 2 aromatic carbocycles. The van der Waals surface area contributed by atoms with Gasteiger partial charge in [-0.25, -0.2) is 4.98 Å². The Hall–Kier alpha value is -3.31. The maximum atomic E-state index is 12.9. The van der Waals surface area contributed by atoms with Crippen LogP contribution in [0.15, 0.2) is 48.7 Å². The van der Waals surface area contributed by atoms with Crippen molar-refractivity contribution in [2.45, 2.75) is 19.3 Å². The predicted octanol–water partition coefficient (Wildman–Crippen LogP) is 4.14. The molecule has 0 atom stereocenters. The number of nitrogens with zero attached hydrogens (tertiary/aromatic N) is 3. The van der Waals surface area contributed by atoms with Gasteiger partial charge in [-0.2, -0.15) is 13.2 Å². The fourth-order valence-corrected chi connectivity index (χ4v) is 4.92. The molecule has 0 unspecified atom stereocenters. The van der Waals surface area contributed by atoms with Crippen LogP contribution in [0.1, 0.15) is 26.4 Å². The van der Waals surface area contributed by atoms with Gasteiger partial charge in [0.05, 0.1) is 11.8 Å². The molecule has 1 N–H and O–H groups in total. The summed E-state index contributed by atoms with van der Waals surface area (Å²) in [5.74, 6) is 1.20. The molecule has 1 fully saturated rings. The molecule has 2 aliphatic heterocycles. The van der Waals surface area contributed by atoms with E-state index in [-0.39, 0.29) is 19.2 Å². The maximum absolute atomic E-state index is 12.9. The third-order valence-corrected chi connectivity index (χ3v) is 6.97. The van der Waals surface area contributed by atoms with Gasteiger partial charge in [-0.15, -0.1) is 0 Å². The summed E-state index contributed by atoms with van der Waals surface area (Å²) in [6, 6.07) is 10.9. The Morgan fingerprint density at radius 1 is 1.03 bits per heavy atom. The molecule has 1 aromatic heterocycles. The van der Waals surface area contributed by atoms with Gasteiger partial charge in [-0.1, -0.05) is 29.5 Å². The number of piperazine rings is 1. The van der Waals surface area contributed by atoms with Crippen LogP contribution in [0.3, 0.4) is 0 Å². The molecular formula is C24H23F3N4O3S. The first kappa shape index (κ1) is 23.4. The summed E-state index contributed by atoms with van der Waals surface area (Å²) in [4.78, 5) is 21.8. The highest BCUT2D eigenvalue weighted by Crippen LogP contribution is 2.33. The summed E-state index contributed by atoms with van der Waals surface area (Å²) in [5.41, 5.74) is 0.815. The summed E-state index contributed by atoms with van der Waals surface area (Å²) in [6.07, 6.45) is -2.90. The number of hydrogen-bond acceptors (Lipinski definition) is 7. The van der Waals surface area contributed by atoms with Crippen molar-refractivity contribution in [1.29, 1.82) is 0 Å². The molecule has 0 spiro atoms. The van der Waals surface area contributed by atoms with Gasteiger partial charge in [0.1, 0.15) is 4.88 Å². The topological polar surface area (TPSA) is 66.9 Å². The molecule has 7 nitrogen and oxygen atoms in total. The number of halogens is 3. The third kappa shape index (κ3) is 5.51. The normalized spacial score (nSPS) is 15.9. The second-order valence-corrected chi connectivity index (χ2v) is 9.35. The fourth-order valence-electron chi connectivity index (χ4n) is 4.04. The number of aromatic nitrogens is 1. The van der Waals surface area contributed by atoms with E-state index in [2.05, 4.69) is 20.1 Å². The first-order valence-corrected chi connectivity index (χ1v) is 11.9. The first-order valence-electron chi connectivity index (χ1n) is 11.1. The second-order valence-electron chi connectivity index (χ2n) is 8.34. The number of fused-ring (bicyclic) bond motifs is 1. The van der Waals surface area contributed by atoms with Gasteiger partial charge in [-0.05, 0) is 35.4 Å². The minimum atomic E-state index is -4.42. The number of rotatable bonds is 6. The van der Waals surface area contributed by atoms with Crippen LogP contribution in [-0.2, 0) is 19.3 Å². The number of amides is 1. The van der Waals surface area contributed by atoms with Gasteiger partial charge >= 0.3 is 6.18 Å². The molecule has 0 bridgehead atoms. The van der Waals surface area contributed by atoms with Gasteiger partial charge in [0.15, 0.2) is 16.6 Å². The van der Waals surface area contributed by atoms with E-state index in [1.807, 2.05) is 18.2 Å². The van der Waals surface area contributed by atoms with Crippen LogP contribution < -0.4 is 19.7 Å². The van der Waals surface area contributed by atoms with Crippen LogP contribution in [0.2, 0.25) is 0 Å². The monoisotopic (exact) mass is 504 g/mol. The van der Waals surface area contributed by atoms with Crippen molar-refractivity contribution in [3.8, 4) is 11.5 Å². The first-order chi connectivity index (χ1) is 16.8. The van der Waals surface area contributed by atoms with Crippen molar-refractivity contribution in [2.24, 2.45) is 0 Å². The zero-order chi connectivity index (χ0) is 24.4. The van der Waals surface area contributed by atoms with Crippen molar-refractivity contribution < 1.29 is 27.4 Å². The Bertz CT molecular complexity index is 1210. The highest BCUT2D eigenvalue weighted by Gasteiger charge is 2.30. The summed E-state index contributed by atoms with van der Waals surface area (Å²) >= 11 is 1.28. The van der Waals surface area contributed by atoms with Crippen molar-refractivity contribution >= 4 is 22.4 Å². The lowest BCUT2D eigenvalue weighted by Gasteiger charge is -2.34. The summed E-state index contributed by atoms with van der Waals surface area (Å²) < 4.78 is 49.5. The Kier molecular flexibility index (Phi) is 6.52. The molecule has 5 rings (SSSR count). The standard InChI is InChI=1S/C24H23F3N4O3S/c25-24(26,27)18-3-1-2-16(10-18)12-28-22(32)21-13-29-23(35-21)31-8-6-30(7-9-31)14-17-4-5-19-20(11-17)34-15-33-19/h1-5,10-11,13H,6-9,12,14-15H2,(H,28,32). The number of ether oxygens (including phenoxy) is 2. The maximum Gasteiger partial charge on any atom is 0.416 e. The highest BCUT2D eigenvalue weighted by atomic mass is 32.1. The zero-order valence-electron chi connectivity index (χ0n) is 18.7. The number of anilines is 1. The summed E-state index contributed by atoms with van der Waals surface area (Å²) in [7, 11) is 0. The molecule has 0 aliphatic carbocycles. The van der Waals surface area contributed by atoms with E-state index in [1.165, 1.54) is 23.6 Å². The Morgan fingerprint density at radius 2 is 1.83 bits per heavy atom. The lowest BCUT2D eigenvalue weighted by Crippen LogP contribution is -2.45. The van der Waals surface area contributed by atoms with E-state index in [0.717, 1.165) is 67.1 Å². The number of hydrogen-bond donors (Lipinski definition) is 1. The number of thiazole rings is 1. The van der Waals surface area contributed by atoms with Crippen LogP contribution in [0.25, 0.3) is 0 Å². The summed E-state index contributed by atoms with van der Waals surface area (Å²) in [6.45, 7) is 4.35. The second kappa shape index (κ2) is 9.74. The molecule has 2 aliphatic rings. The minimum absolute atomic E-state index is 0.00845.